The van der Waals surface area contributed by atoms with Gasteiger partial charge < -0.3 is 15.2 Å². The molecule has 3 aromatic rings. The van der Waals surface area contributed by atoms with Crippen LogP contribution in [0.2, 0.25) is 0 Å². The average molecular weight is 416 g/mol. The molecule has 0 bridgehead atoms. The summed E-state index contributed by atoms with van der Waals surface area (Å²) in [7, 11) is 0. The van der Waals surface area contributed by atoms with E-state index in [9.17, 15) is 9.90 Å². The number of rotatable bonds is 6. The van der Waals surface area contributed by atoms with Gasteiger partial charge in [-0.1, -0.05) is 78.4 Å². The van der Waals surface area contributed by atoms with Crippen molar-refractivity contribution in [2.24, 2.45) is 0 Å². The van der Waals surface area contributed by atoms with Gasteiger partial charge in [0.2, 0.25) is 0 Å². The molecular weight excluding hydrogens is 386 g/mol. The Morgan fingerprint density at radius 3 is 2.26 bits per heavy atom. The molecule has 0 aliphatic heterocycles. The molecule has 1 aliphatic rings. The van der Waals surface area contributed by atoms with Gasteiger partial charge in [-0.05, 0) is 48.6 Å². The van der Waals surface area contributed by atoms with Gasteiger partial charge >= 0.3 is 6.09 Å². The first-order chi connectivity index (χ1) is 14.8. The van der Waals surface area contributed by atoms with Crippen LogP contribution in [0.3, 0.4) is 0 Å². The molecule has 0 aromatic heterocycles. The molecular formula is C27H29NO3. The number of hydrogen-bond acceptors (Lipinski definition) is 3. The number of amides is 1. The maximum absolute atomic E-state index is 12.5. The van der Waals surface area contributed by atoms with Crippen molar-refractivity contribution in [1.82, 2.24) is 5.32 Å². The highest BCUT2D eigenvalue weighted by Crippen LogP contribution is 2.44. The summed E-state index contributed by atoms with van der Waals surface area (Å²) in [5, 5.41) is 13.8. The lowest BCUT2D eigenvalue weighted by atomic mass is 9.89. The lowest BCUT2D eigenvalue weighted by Gasteiger charge is -2.31. The molecule has 0 fully saturated rings. The van der Waals surface area contributed by atoms with Crippen LogP contribution in [0.1, 0.15) is 42.0 Å². The molecule has 0 saturated heterocycles. The molecule has 2 atom stereocenters. The van der Waals surface area contributed by atoms with E-state index in [1.54, 1.807) is 13.8 Å². The zero-order valence-electron chi connectivity index (χ0n) is 18.3. The van der Waals surface area contributed by atoms with Gasteiger partial charge in [-0.25, -0.2) is 4.79 Å². The number of hydrogen-bond donors (Lipinski definition) is 2. The van der Waals surface area contributed by atoms with E-state index < -0.39 is 17.7 Å². The summed E-state index contributed by atoms with van der Waals surface area (Å²) < 4.78 is 5.61. The molecule has 160 valence electrons. The molecule has 0 spiro atoms. The third-order valence-electron chi connectivity index (χ3n) is 6.26. The Morgan fingerprint density at radius 2 is 1.65 bits per heavy atom. The van der Waals surface area contributed by atoms with Crippen LogP contribution in [0, 0.1) is 6.92 Å². The zero-order valence-corrected chi connectivity index (χ0v) is 18.3. The van der Waals surface area contributed by atoms with Gasteiger partial charge in [0, 0.05) is 12.3 Å². The molecule has 2 unspecified atom stereocenters. The lowest BCUT2D eigenvalue weighted by molar-refractivity contribution is 0.0236. The topological polar surface area (TPSA) is 58.6 Å². The number of benzene rings is 3. The van der Waals surface area contributed by atoms with Gasteiger partial charge in [0.25, 0.3) is 0 Å². The van der Waals surface area contributed by atoms with E-state index in [0.29, 0.717) is 6.42 Å². The van der Waals surface area contributed by atoms with Crippen molar-refractivity contribution in [3.8, 4) is 11.1 Å². The van der Waals surface area contributed by atoms with Crippen LogP contribution >= 0.6 is 0 Å². The molecule has 3 aromatic carbocycles. The van der Waals surface area contributed by atoms with Crippen LogP contribution in [0.4, 0.5) is 4.79 Å². The fourth-order valence-electron chi connectivity index (χ4n) is 4.36. The SMILES string of the molecule is Cc1cccc(CC(C)(O)C(C)NC(=O)OCC2c3ccccc3-c3ccccc32)c1. The minimum atomic E-state index is -1.10. The molecule has 0 radical (unpaired) electrons. The fourth-order valence-corrected chi connectivity index (χ4v) is 4.36. The number of carbonyl (C=O) groups excluding carboxylic acids is 1. The van der Waals surface area contributed by atoms with Crippen molar-refractivity contribution in [2.75, 3.05) is 6.61 Å². The zero-order chi connectivity index (χ0) is 22.0. The number of ether oxygens (including phenoxy) is 1. The molecule has 31 heavy (non-hydrogen) atoms. The van der Waals surface area contributed by atoms with Gasteiger partial charge in [-0.2, -0.15) is 0 Å². The Kier molecular flexibility index (Phi) is 5.84. The van der Waals surface area contributed by atoms with E-state index in [-0.39, 0.29) is 12.5 Å². The van der Waals surface area contributed by atoms with Crippen molar-refractivity contribution in [3.63, 3.8) is 0 Å². The van der Waals surface area contributed by atoms with Crippen molar-refractivity contribution in [2.45, 2.75) is 44.8 Å². The predicted octanol–water partition coefficient (Wildman–Crippen LogP) is 5.22. The third-order valence-corrected chi connectivity index (χ3v) is 6.26. The van der Waals surface area contributed by atoms with Crippen molar-refractivity contribution >= 4 is 6.09 Å². The van der Waals surface area contributed by atoms with Gasteiger partial charge in [0.05, 0.1) is 11.6 Å². The first-order valence-electron chi connectivity index (χ1n) is 10.7. The quantitative estimate of drug-likeness (QED) is 0.581. The summed E-state index contributed by atoms with van der Waals surface area (Å²) in [6, 6.07) is 24.1. The summed E-state index contributed by atoms with van der Waals surface area (Å²) in [6.07, 6.45) is -0.0710. The second-order valence-corrected chi connectivity index (χ2v) is 8.71. The Labute approximate surface area is 183 Å². The van der Waals surface area contributed by atoms with Gasteiger partial charge in [0.15, 0.2) is 0 Å². The highest BCUT2D eigenvalue weighted by molar-refractivity contribution is 5.79. The molecule has 2 N–H and O–H groups in total. The van der Waals surface area contributed by atoms with Crippen LogP contribution < -0.4 is 5.32 Å². The summed E-state index contributed by atoms with van der Waals surface area (Å²) in [6.45, 7) is 5.82. The van der Waals surface area contributed by atoms with E-state index in [1.165, 1.54) is 22.3 Å². The Hall–Kier alpha value is -3.11. The number of fused-ring (bicyclic) bond motifs is 3. The summed E-state index contributed by atoms with van der Waals surface area (Å²) in [5.74, 6) is 0.0151. The summed E-state index contributed by atoms with van der Waals surface area (Å²) in [4.78, 5) is 12.5. The molecule has 4 rings (SSSR count). The normalized spacial score (nSPS) is 15.5. The van der Waals surface area contributed by atoms with Gasteiger partial charge in [0.1, 0.15) is 6.61 Å². The van der Waals surface area contributed by atoms with Crippen LogP contribution in [-0.2, 0) is 11.2 Å². The minimum absolute atomic E-state index is 0.0151. The molecule has 1 amide bonds. The maximum Gasteiger partial charge on any atom is 0.407 e. The molecule has 1 aliphatic carbocycles. The van der Waals surface area contributed by atoms with Crippen LogP contribution in [0.25, 0.3) is 11.1 Å². The van der Waals surface area contributed by atoms with E-state index in [0.717, 1.165) is 11.1 Å². The molecule has 0 heterocycles. The maximum atomic E-state index is 12.5. The first-order valence-corrected chi connectivity index (χ1v) is 10.7. The van der Waals surface area contributed by atoms with Crippen molar-refractivity contribution in [1.29, 1.82) is 0 Å². The smallest absolute Gasteiger partial charge is 0.407 e. The highest BCUT2D eigenvalue weighted by Gasteiger charge is 2.32. The number of nitrogens with one attached hydrogen (secondary N) is 1. The monoisotopic (exact) mass is 415 g/mol. The van der Waals surface area contributed by atoms with E-state index in [1.807, 2.05) is 49.4 Å². The lowest BCUT2D eigenvalue weighted by Crippen LogP contribution is -2.50. The van der Waals surface area contributed by atoms with Crippen molar-refractivity contribution in [3.05, 3.63) is 95.1 Å². The Morgan fingerprint density at radius 1 is 1.03 bits per heavy atom. The van der Waals surface area contributed by atoms with E-state index in [4.69, 9.17) is 4.74 Å². The molecule has 4 nitrogen and oxygen atoms in total. The predicted molar refractivity (Wildman–Crippen MR) is 123 cm³/mol. The van der Waals surface area contributed by atoms with Gasteiger partial charge in [-0.15, -0.1) is 0 Å². The third kappa shape index (κ3) is 4.49. The minimum Gasteiger partial charge on any atom is -0.449 e. The van der Waals surface area contributed by atoms with E-state index >= 15 is 0 Å². The van der Waals surface area contributed by atoms with Crippen molar-refractivity contribution < 1.29 is 14.6 Å². The Balaban J connectivity index is 1.39. The van der Waals surface area contributed by atoms with Crippen LogP contribution in [0.15, 0.2) is 72.8 Å². The first kappa shape index (κ1) is 21.1. The molecule has 0 saturated carbocycles. The van der Waals surface area contributed by atoms with Gasteiger partial charge in [-0.3, -0.25) is 0 Å². The Bertz CT molecular complexity index is 1040. The number of aliphatic hydroxyl groups is 1. The fraction of sp³-hybridized carbons (Fsp3) is 0.296. The summed E-state index contributed by atoms with van der Waals surface area (Å²) >= 11 is 0. The summed E-state index contributed by atoms with van der Waals surface area (Å²) in [5.41, 5.74) is 5.83. The second-order valence-electron chi connectivity index (χ2n) is 8.71. The largest absolute Gasteiger partial charge is 0.449 e. The number of aryl methyl sites for hydroxylation is 1. The molecule has 4 heteroatoms. The number of carbonyl (C=O) groups is 1. The van der Waals surface area contributed by atoms with Crippen LogP contribution in [0.5, 0.6) is 0 Å². The average Bonchev–Trinajstić information content (AvgIpc) is 3.06. The number of alkyl carbamates (subject to hydrolysis) is 1. The van der Waals surface area contributed by atoms with Crippen LogP contribution in [-0.4, -0.2) is 29.4 Å². The standard InChI is InChI=1S/C27H29NO3/c1-18-9-8-10-20(15-18)16-27(3,30)19(2)28-26(29)31-17-25-23-13-6-4-11-21(23)22-12-5-7-14-24(22)25/h4-15,19,25,30H,16-17H2,1-3H3,(H,28,29). The second kappa shape index (κ2) is 8.56. The highest BCUT2D eigenvalue weighted by atomic mass is 16.5. The van der Waals surface area contributed by atoms with E-state index in [2.05, 4.69) is 35.6 Å².